The monoisotopic (exact) mass is 318 g/mol. The molecule has 1 heterocycles. The van der Waals surface area contributed by atoms with Gasteiger partial charge in [-0.2, -0.15) is 0 Å². The van der Waals surface area contributed by atoms with Crippen molar-refractivity contribution in [3.05, 3.63) is 12.2 Å². The maximum Gasteiger partial charge on any atom is 0.163 e. The van der Waals surface area contributed by atoms with Crippen molar-refractivity contribution in [1.29, 1.82) is 0 Å². The minimum absolute atomic E-state index is 0.0305. The van der Waals surface area contributed by atoms with Crippen molar-refractivity contribution in [3.63, 3.8) is 0 Å². The van der Waals surface area contributed by atoms with Crippen LogP contribution >= 0.6 is 8.81 Å². The molecule has 1 rings (SSSR count). The molecule has 0 aromatic rings. The topological polar surface area (TPSA) is 47.9 Å². The molecular formula is C16H31O4P. The normalized spacial score (nSPS) is 28.7. The molecule has 0 aliphatic carbocycles. The Kier molecular flexibility index (Phi) is 8.36. The summed E-state index contributed by atoms with van der Waals surface area (Å²) in [7, 11) is 2.29. The lowest BCUT2D eigenvalue weighted by atomic mass is 10.0. The van der Waals surface area contributed by atoms with Crippen molar-refractivity contribution >= 4 is 8.81 Å². The Morgan fingerprint density at radius 3 is 2.71 bits per heavy atom. The van der Waals surface area contributed by atoms with Crippen LogP contribution in [0.5, 0.6) is 0 Å². The van der Waals surface area contributed by atoms with Gasteiger partial charge in [0.1, 0.15) is 12.2 Å². The highest BCUT2D eigenvalue weighted by atomic mass is 31.1. The summed E-state index contributed by atoms with van der Waals surface area (Å²) in [5.74, 6) is -0.0398. The first-order valence-electron chi connectivity index (χ1n) is 7.85. The van der Waals surface area contributed by atoms with E-state index < -0.39 is 11.9 Å². The number of aliphatic hydroxyl groups is 1. The van der Waals surface area contributed by atoms with E-state index in [0.717, 1.165) is 25.4 Å². The number of ether oxygens (including phenoxy) is 2. The molecule has 0 aromatic heterocycles. The van der Waals surface area contributed by atoms with Crippen LogP contribution in [-0.4, -0.2) is 42.5 Å². The van der Waals surface area contributed by atoms with Crippen LogP contribution in [0, 0.1) is 5.92 Å². The smallest absolute Gasteiger partial charge is 0.163 e. The molecule has 2 unspecified atom stereocenters. The van der Waals surface area contributed by atoms with Gasteiger partial charge in [-0.05, 0) is 38.8 Å². The van der Waals surface area contributed by atoms with Gasteiger partial charge in [0.05, 0.1) is 6.10 Å². The highest BCUT2D eigenvalue weighted by Crippen LogP contribution is 2.32. The first-order chi connectivity index (χ1) is 9.89. The van der Waals surface area contributed by atoms with Crippen LogP contribution in [0.2, 0.25) is 0 Å². The zero-order valence-corrected chi connectivity index (χ0v) is 15.0. The van der Waals surface area contributed by atoms with E-state index in [0.29, 0.717) is 14.7 Å². The summed E-state index contributed by atoms with van der Waals surface area (Å²) in [5.41, 5.74) is 0. The van der Waals surface area contributed by atoms with E-state index in [1.54, 1.807) is 7.11 Å². The van der Waals surface area contributed by atoms with Crippen molar-refractivity contribution in [3.8, 4) is 0 Å². The molecule has 5 atom stereocenters. The molecule has 5 heteroatoms. The van der Waals surface area contributed by atoms with Crippen LogP contribution in [-0.2, 0) is 14.0 Å². The molecular weight excluding hydrogens is 287 g/mol. The molecule has 0 radical (unpaired) electrons. The van der Waals surface area contributed by atoms with E-state index in [2.05, 4.69) is 13.8 Å². The second kappa shape index (κ2) is 9.22. The fourth-order valence-corrected chi connectivity index (χ4v) is 3.15. The predicted molar refractivity (Wildman–Crippen MR) is 87.9 cm³/mol. The average Bonchev–Trinajstić information content (AvgIpc) is 2.72. The number of hydrogen-bond donors (Lipinski definition) is 1. The maximum atomic E-state index is 10.4. The molecule has 1 aliphatic heterocycles. The molecule has 1 aliphatic rings. The van der Waals surface area contributed by atoms with Gasteiger partial charge >= 0.3 is 0 Å². The summed E-state index contributed by atoms with van der Waals surface area (Å²) in [6, 6.07) is 0. The molecule has 1 N–H and O–H groups in total. The van der Waals surface area contributed by atoms with Gasteiger partial charge in [0.15, 0.2) is 5.79 Å². The number of rotatable bonds is 9. The van der Waals surface area contributed by atoms with Gasteiger partial charge in [-0.3, -0.25) is 0 Å². The maximum absolute atomic E-state index is 10.4. The highest BCUT2D eigenvalue weighted by Gasteiger charge is 2.43. The van der Waals surface area contributed by atoms with Gasteiger partial charge in [-0.1, -0.05) is 32.4 Å². The standard InChI is InChI=1S/C16H31O4P/c1-6-8-14-15(20-16(3,4)19-14)13(17)10-7-9-12(2)11-21-18-5/h7,10,12-15,17,21H,6,8-9,11H2,1-5H3/b10-7-/t12-,13?,14+,15-/m1/s1. The summed E-state index contributed by atoms with van der Waals surface area (Å²) >= 11 is 0. The van der Waals surface area contributed by atoms with Crippen LogP contribution in [0.4, 0.5) is 0 Å². The Bertz CT molecular complexity index is 319. The van der Waals surface area contributed by atoms with Crippen LogP contribution in [0.15, 0.2) is 12.2 Å². The first-order valence-corrected chi connectivity index (χ1v) is 8.97. The van der Waals surface area contributed by atoms with Gasteiger partial charge < -0.3 is 19.1 Å². The van der Waals surface area contributed by atoms with E-state index in [1.807, 2.05) is 26.0 Å². The molecule has 0 saturated carbocycles. The fraction of sp³-hybridized carbons (Fsp3) is 0.875. The molecule has 1 fully saturated rings. The number of allylic oxidation sites excluding steroid dienone is 1. The zero-order valence-electron chi connectivity index (χ0n) is 14.0. The predicted octanol–water partition coefficient (Wildman–Crippen LogP) is 3.49. The average molecular weight is 318 g/mol. The van der Waals surface area contributed by atoms with E-state index in [9.17, 15) is 5.11 Å². The van der Waals surface area contributed by atoms with Crippen LogP contribution in [0.1, 0.15) is 47.0 Å². The molecule has 0 amide bonds. The van der Waals surface area contributed by atoms with Crippen molar-refractivity contribution in [2.75, 3.05) is 13.3 Å². The van der Waals surface area contributed by atoms with E-state index >= 15 is 0 Å². The Labute approximate surface area is 131 Å². The van der Waals surface area contributed by atoms with Gasteiger partial charge in [0, 0.05) is 15.9 Å². The minimum atomic E-state index is -0.611. The van der Waals surface area contributed by atoms with E-state index in [1.165, 1.54) is 0 Å². The van der Waals surface area contributed by atoms with Crippen LogP contribution in [0.3, 0.4) is 0 Å². The van der Waals surface area contributed by atoms with Crippen LogP contribution < -0.4 is 0 Å². The Morgan fingerprint density at radius 1 is 1.38 bits per heavy atom. The summed E-state index contributed by atoms with van der Waals surface area (Å²) < 4.78 is 16.8. The molecule has 1 saturated heterocycles. The van der Waals surface area contributed by atoms with Crippen molar-refractivity contribution in [2.24, 2.45) is 5.92 Å². The Balaban J connectivity index is 2.47. The molecule has 21 heavy (non-hydrogen) atoms. The summed E-state index contributed by atoms with van der Waals surface area (Å²) in [5, 5.41) is 10.4. The van der Waals surface area contributed by atoms with E-state index in [-0.39, 0.29) is 12.2 Å². The molecule has 4 nitrogen and oxygen atoms in total. The lowest BCUT2D eigenvalue weighted by molar-refractivity contribution is -0.152. The molecule has 0 bridgehead atoms. The Hall–Kier alpha value is 0.01000. The van der Waals surface area contributed by atoms with Gasteiger partial charge in [0.2, 0.25) is 0 Å². The number of aliphatic hydroxyl groups excluding tert-OH is 1. The van der Waals surface area contributed by atoms with Crippen LogP contribution in [0.25, 0.3) is 0 Å². The van der Waals surface area contributed by atoms with Gasteiger partial charge in [-0.25, -0.2) is 0 Å². The van der Waals surface area contributed by atoms with E-state index in [4.69, 9.17) is 14.0 Å². The summed E-state index contributed by atoms with van der Waals surface area (Å²) in [6.45, 7) is 8.12. The third-order valence-corrected chi connectivity index (χ3v) is 4.73. The molecule has 0 spiro atoms. The quantitative estimate of drug-likeness (QED) is 0.522. The lowest BCUT2D eigenvalue weighted by Crippen LogP contribution is -2.34. The molecule has 124 valence electrons. The third-order valence-electron chi connectivity index (χ3n) is 3.58. The molecule has 0 aromatic carbocycles. The summed E-state index contributed by atoms with van der Waals surface area (Å²) in [6.07, 6.45) is 6.92. The highest BCUT2D eigenvalue weighted by molar-refractivity contribution is 7.32. The second-order valence-corrected chi connectivity index (χ2v) is 7.34. The lowest BCUT2D eigenvalue weighted by Gasteiger charge is -2.20. The first kappa shape index (κ1) is 19.1. The SMILES string of the molecule is CCC[C@@H]1OC(C)(C)O[C@@H]1C(O)/C=C\C[C@@H](C)CPOC. The van der Waals surface area contributed by atoms with Crippen molar-refractivity contribution < 1.29 is 19.1 Å². The third kappa shape index (κ3) is 6.75. The van der Waals surface area contributed by atoms with Crippen molar-refractivity contribution in [1.82, 2.24) is 0 Å². The second-order valence-electron chi connectivity index (χ2n) is 6.24. The van der Waals surface area contributed by atoms with Crippen molar-refractivity contribution in [2.45, 2.75) is 71.1 Å². The fourth-order valence-electron chi connectivity index (χ4n) is 2.53. The number of hydrogen-bond acceptors (Lipinski definition) is 4. The zero-order chi connectivity index (χ0) is 15.9. The summed E-state index contributed by atoms with van der Waals surface area (Å²) in [4.78, 5) is 0. The van der Waals surface area contributed by atoms with Gasteiger partial charge in [-0.15, -0.1) is 0 Å². The van der Waals surface area contributed by atoms with Gasteiger partial charge in [0.25, 0.3) is 0 Å². The minimum Gasteiger partial charge on any atom is -0.386 e. The largest absolute Gasteiger partial charge is 0.386 e. The Morgan fingerprint density at radius 2 is 2.10 bits per heavy atom.